The number of ether oxygens (including phenoxy) is 1. The minimum atomic E-state index is 0.686. The van der Waals surface area contributed by atoms with Gasteiger partial charge in [-0.3, -0.25) is 0 Å². The second-order valence-corrected chi connectivity index (χ2v) is 5.89. The molecule has 3 heteroatoms. The molecule has 2 aliphatic rings. The van der Waals surface area contributed by atoms with E-state index in [1.807, 2.05) is 0 Å². The Morgan fingerprint density at radius 1 is 1.37 bits per heavy atom. The topological polar surface area (TPSA) is 24.5 Å². The summed E-state index contributed by atoms with van der Waals surface area (Å²) in [6.07, 6.45) is 4.96. The molecule has 3 nitrogen and oxygen atoms in total. The van der Waals surface area contributed by atoms with E-state index in [-0.39, 0.29) is 0 Å². The highest BCUT2D eigenvalue weighted by atomic mass is 16.5. The summed E-state index contributed by atoms with van der Waals surface area (Å²) >= 11 is 0. The zero-order valence-electron chi connectivity index (χ0n) is 11.8. The molecule has 2 aliphatic heterocycles. The van der Waals surface area contributed by atoms with Gasteiger partial charge in [0.15, 0.2) is 0 Å². The molecule has 1 aromatic rings. The minimum Gasteiger partial charge on any atom is -0.493 e. The van der Waals surface area contributed by atoms with Gasteiger partial charge in [-0.25, -0.2) is 0 Å². The SMILES string of the molecule is CN1CCCC(COc2cccc3c2CCCN3)C1. The monoisotopic (exact) mass is 260 g/mol. The maximum Gasteiger partial charge on any atom is 0.124 e. The molecule has 0 amide bonds. The number of anilines is 1. The van der Waals surface area contributed by atoms with Gasteiger partial charge in [0.05, 0.1) is 6.61 Å². The first-order valence-corrected chi connectivity index (χ1v) is 7.50. The molecule has 19 heavy (non-hydrogen) atoms. The summed E-state index contributed by atoms with van der Waals surface area (Å²) in [6, 6.07) is 6.38. The smallest absolute Gasteiger partial charge is 0.124 e. The maximum atomic E-state index is 6.13. The number of nitrogens with zero attached hydrogens (tertiary/aromatic N) is 1. The fourth-order valence-corrected chi connectivity index (χ4v) is 3.23. The summed E-state index contributed by atoms with van der Waals surface area (Å²) in [7, 11) is 2.21. The molecular weight excluding hydrogens is 236 g/mol. The van der Waals surface area contributed by atoms with Crippen molar-refractivity contribution in [1.29, 1.82) is 0 Å². The minimum absolute atomic E-state index is 0.686. The maximum absolute atomic E-state index is 6.13. The van der Waals surface area contributed by atoms with Gasteiger partial charge in [0, 0.05) is 30.3 Å². The zero-order chi connectivity index (χ0) is 13.1. The quantitative estimate of drug-likeness (QED) is 0.904. The van der Waals surface area contributed by atoms with E-state index < -0.39 is 0 Å². The van der Waals surface area contributed by atoms with Crippen LogP contribution in [-0.4, -0.2) is 38.2 Å². The van der Waals surface area contributed by atoms with E-state index >= 15 is 0 Å². The first-order chi connectivity index (χ1) is 9.33. The van der Waals surface area contributed by atoms with Gasteiger partial charge in [-0.1, -0.05) is 6.07 Å². The Labute approximate surface area is 115 Å². The molecule has 104 valence electrons. The Bertz CT molecular complexity index is 433. The Kier molecular flexibility index (Phi) is 3.92. The zero-order valence-corrected chi connectivity index (χ0v) is 11.8. The largest absolute Gasteiger partial charge is 0.493 e. The van der Waals surface area contributed by atoms with E-state index in [0.29, 0.717) is 5.92 Å². The molecule has 0 spiro atoms. The molecule has 0 aliphatic carbocycles. The summed E-state index contributed by atoms with van der Waals surface area (Å²) in [4.78, 5) is 2.42. The summed E-state index contributed by atoms with van der Waals surface area (Å²) in [5.74, 6) is 1.78. The van der Waals surface area contributed by atoms with Gasteiger partial charge in [-0.05, 0) is 51.4 Å². The molecule has 0 radical (unpaired) electrons. The van der Waals surface area contributed by atoms with Crippen LogP contribution in [0.3, 0.4) is 0 Å². The molecule has 1 unspecified atom stereocenters. The highest BCUT2D eigenvalue weighted by molar-refractivity contribution is 5.59. The Balaban J connectivity index is 1.63. The van der Waals surface area contributed by atoms with Crippen LogP contribution in [0.25, 0.3) is 0 Å². The lowest BCUT2D eigenvalue weighted by Crippen LogP contribution is -2.34. The summed E-state index contributed by atoms with van der Waals surface area (Å²) in [5, 5.41) is 3.46. The van der Waals surface area contributed by atoms with Crippen LogP contribution in [0.4, 0.5) is 5.69 Å². The van der Waals surface area contributed by atoms with Crippen molar-refractivity contribution < 1.29 is 4.74 Å². The molecule has 1 saturated heterocycles. The van der Waals surface area contributed by atoms with Crippen LogP contribution >= 0.6 is 0 Å². The predicted molar refractivity (Wildman–Crippen MR) is 79.0 cm³/mol. The van der Waals surface area contributed by atoms with Crippen LogP contribution in [0, 0.1) is 5.92 Å². The van der Waals surface area contributed by atoms with Crippen molar-refractivity contribution in [1.82, 2.24) is 4.90 Å². The van der Waals surface area contributed by atoms with Crippen molar-refractivity contribution in [3.63, 3.8) is 0 Å². The second kappa shape index (κ2) is 5.83. The number of benzene rings is 1. The fourth-order valence-electron chi connectivity index (χ4n) is 3.23. The number of rotatable bonds is 3. The van der Waals surface area contributed by atoms with Crippen molar-refractivity contribution >= 4 is 5.69 Å². The third-order valence-electron chi connectivity index (χ3n) is 4.25. The van der Waals surface area contributed by atoms with Crippen molar-refractivity contribution in [3.05, 3.63) is 23.8 Å². The standard InChI is InChI=1S/C16H24N2O/c1-18-10-4-5-13(11-18)12-19-16-8-2-7-15-14(16)6-3-9-17-15/h2,7-8,13,17H,3-6,9-12H2,1H3. The van der Waals surface area contributed by atoms with Crippen LogP contribution < -0.4 is 10.1 Å². The molecule has 2 heterocycles. The lowest BCUT2D eigenvalue weighted by atomic mass is 9.99. The van der Waals surface area contributed by atoms with E-state index in [0.717, 1.165) is 25.3 Å². The van der Waals surface area contributed by atoms with Gasteiger partial charge in [0.2, 0.25) is 0 Å². The van der Waals surface area contributed by atoms with E-state index in [1.54, 1.807) is 0 Å². The van der Waals surface area contributed by atoms with Crippen LogP contribution in [-0.2, 0) is 6.42 Å². The summed E-state index contributed by atoms with van der Waals surface area (Å²) in [6.45, 7) is 4.36. The average Bonchev–Trinajstić information content (AvgIpc) is 2.45. The molecule has 3 rings (SSSR count). The highest BCUT2D eigenvalue weighted by Crippen LogP contribution is 2.31. The number of likely N-dealkylation sites (tertiary alicyclic amines) is 1. The lowest BCUT2D eigenvalue weighted by Gasteiger charge is -2.30. The van der Waals surface area contributed by atoms with E-state index in [2.05, 4.69) is 35.5 Å². The normalized spacial score (nSPS) is 23.5. The molecule has 0 saturated carbocycles. The number of hydrogen-bond acceptors (Lipinski definition) is 3. The number of piperidine rings is 1. The van der Waals surface area contributed by atoms with Crippen LogP contribution in [0.15, 0.2) is 18.2 Å². The van der Waals surface area contributed by atoms with Crippen LogP contribution in [0.1, 0.15) is 24.8 Å². The number of nitrogens with one attached hydrogen (secondary N) is 1. The van der Waals surface area contributed by atoms with Gasteiger partial charge in [-0.2, -0.15) is 0 Å². The molecule has 0 aromatic heterocycles. The van der Waals surface area contributed by atoms with Crippen molar-refractivity contribution in [3.8, 4) is 5.75 Å². The van der Waals surface area contributed by atoms with Crippen molar-refractivity contribution in [2.75, 3.05) is 38.6 Å². The molecule has 1 aromatic carbocycles. The molecule has 1 fully saturated rings. The van der Waals surface area contributed by atoms with Gasteiger partial charge in [0.25, 0.3) is 0 Å². The fraction of sp³-hybridized carbons (Fsp3) is 0.625. The van der Waals surface area contributed by atoms with Crippen LogP contribution in [0.2, 0.25) is 0 Å². The molecule has 0 bridgehead atoms. The summed E-state index contributed by atoms with van der Waals surface area (Å²) in [5.41, 5.74) is 2.64. The van der Waals surface area contributed by atoms with Gasteiger partial charge < -0.3 is 15.0 Å². The van der Waals surface area contributed by atoms with Gasteiger partial charge >= 0.3 is 0 Å². The van der Waals surface area contributed by atoms with Crippen LogP contribution in [0.5, 0.6) is 5.75 Å². The van der Waals surface area contributed by atoms with E-state index in [1.165, 1.54) is 43.6 Å². The third kappa shape index (κ3) is 3.03. The second-order valence-electron chi connectivity index (χ2n) is 5.89. The molecule has 1 N–H and O–H groups in total. The Morgan fingerprint density at radius 3 is 3.21 bits per heavy atom. The number of hydrogen-bond donors (Lipinski definition) is 1. The first kappa shape index (κ1) is 12.8. The van der Waals surface area contributed by atoms with Crippen molar-refractivity contribution in [2.45, 2.75) is 25.7 Å². The highest BCUT2D eigenvalue weighted by Gasteiger charge is 2.19. The predicted octanol–water partition coefficient (Wildman–Crippen LogP) is 2.77. The third-order valence-corrected chi connectivity index (χ3v) is 4.25. The average molecular weight is 260 g/mol. The van der Waals surface area contributed by atoms with E-state index in [9.17, 15) is 0 Å². The Hall–Kier alpha value is -1.22. The first-order valence-electron chi connectivity index (χ1n) is 7.50. The summed E-state index contributed by atoms with van der Waals surface area (Å²) < 4.78 is 6.13. The van der Waals surface area contributed by atoms with Gasteiger partial charge in [-0.15, -0.1) is 0 Å². The number of fused-ring (bicyclic) bond motifs is 1. The Morgan fingerprint density at radius 2 is 2.32 bits per heavy atom. The van der Waals surface area contributed by atoms with E-state index in [4.69, 9.17) is 4.74 Å². The molecular formula is C16H24N2O. The van der Waals surface area contributed by atoms with Gasteiger partial charge in [0.1, 0.15) is 5.75 Å². The lowest BCUT2D eigenvalue weighted by molar-refractivity contribution is 0.150. The molecule has 1 atom stereocenters. The van der Waals surface area contributed by atoms with Crippen molar-refractivity contribution in [2.24, 2.45) is 5.92 Å².